The quantitative estimate of drug-likeness (QED) is 0.520. The second-order valence-corrected chi connectivity index (χ2v) is 8.73. The Balaban J connectivity index is 1.40. The van der Waals surface area contributed by atoms with Gasteiger partial charge in [-0.3, -0.25) is 9.58 Å². The van der Waals surface area contributed by atoms with E-state index in [1.165, 1.54) is 21.8 Å². The van der Waals surface area contributed by atoms with Crippen molar-refractivity contribution in [3.05, 3.63) is 52.9 Å². The molecular formula is C22H21ClF2N6O2. The Morgan fingerprint density at radius 2 is 2.00 bits per heavy atom. The lowest BCUT2D eigenvalue weighted by Crippen LogP contribution is -2.35. The SMILES string of the molecule is C[C@H](Nc1nc(Cl)cc(N2C(=O)OC[C@@H]2C2CC2)n1)c1cc(F)c(-c2cnn(C)c2)cc1F. The molecule has 0 spiro atoms. The smallest absolute Gasteiger partial charge is 0.415 e. The molecule has 0 bridgehead atoms. The second kappa shape index (κ2) is 8.26. The molecule has 5 rings (SSSR count). The summed E-state index contributed by atoms with van der Waals surface area (Å²) in [5.41, 5.74) is 0.699. The minimum atomic E-state index is -0.682. The first-order valence-electron chi connectivity index (χ1n) is 10.5. The molecule has 2 aromatic heterocycles. The van der Waals surface area contributed by atoms with Crippen molar-refractivity contribution in [2.24, 2.45) is 13.0 Å². The second-order valence-electron chi connectivity index (χ2n) is 8.35. The number of hydrogen-bond donors (Lipinski definition) is 1. The van der Waals surface area contributed by atoms with Gasteiger partial charge in [-0.2, -0.15) is 10.1 Å². The van der Waals surface area contributed by atoms with Gasteiger partial charge < -0.3 is 10.1 Å². The zero-order valence-corrected chi connectivity index (χ0v) is 18.7. The van der Waals surface area contributed by atoms with Crippen molar-refractivity contribution in [1.29, 1.82) is 0 Å². The molecule has 1 aliphatic heterocycles. The lowest BCUT2D eigenvalue weighted by Gasteiger charge is -2.22. The number of carbonyl (C=O) groups is 1. The Hall–Kier alpha value is -3.27. The van der Waals surface area contributed by atoms with Gasteiger partial charge in [-0.25, -0.2) is 18.6 Å². The lowest BCUT2D eigenvalue weighted by molar-refractivity contribution is 0.178. The van der Waals surface area contributed by atoms with Crippen LogP contribution in [0.4, 0.5) is 25.3 Å². The number of aryl methyl sites for hydroxylation is 1. The molecular weight excluding hydrogens is 454 g/mol. The number of amides is 1. The van der Waals surface area contributed by atoms with Crippen molar-refractivity contribution < 1.29 is 18.3 Å². The predicted molar refractivity (Wildman–Crippen MR) is 118 cm³/mol. The molecule has 2 aliphatic rings. The Labute approximate surface area is 193 Å². The highest BCUT2D eigenvalue weighted by molar-refractivity contribution is 6.29. The van der Waals surface area contributed by atoms with Crippen LogP contribution in [0, 0.1) is 17.6 Å². The third-order valence-corrected chi connectivity index (χ3v) is 6.11. The monoisotopic (exact) mass is 474 g/mol. The summed E-state index contributed by atoms with van der Waals surface area (Å²) in [6, 6.07) is 2.99. The van der Waals surface area contributed by atoms with Crippen LogP contribution in [0.3, 0.4) is 0 Å². The maximum absolute atomic E-state index is 14.9. The third kappa shape index (κ3) is 4.22. The van der Waals surface area contributed by atoms with Gasteiger partial charge in [0.25, 0.3) is 0 Å². The van der Waals surface area contributed by atoms with E-state index in [-0.39, 0.29) is 28.3 Å². The minimum absolute atomic E-state index is 0.0930. The number of hydrogen-bond acceptors (Lipinski definition) is 6. The van der Waals surface area contributed by atoms with Gasteiger partial charge >= 0.3 is 6.09 Å². The molecule has 0 radical (unpaired) electrons. The zero-order valence-electron chi connectivity index (χ0n) is 17.9. The number of cyclic esters (lactones) is 1. The van der Waals surface area contributed by atoms with Crippen LogP contribution in [0.25, 0.3) is 11.1 Å². The Morgan fingerprint density at radius 3 is 2.70 bits per heavy atom. The van der Waals surface area contributed by atoms with E-state index in [0.29, 0.717) is 23.9 Å². The van der Waals surface area contributed by atoms with Crippen molar-refractivity contribution >= 4 is 29.5 Å². The molecule has 3 heterocycles. The van der Waals surface area contributed by atoms with Crippen molar-refractivity contribution in [3.63, 3.8) is 0 Å². The summed E-state index contributed by atoms with van der Waals surface area (Å²) in [4.78, 5) is 22.3. The molecule has 1 aliphatic carbocycles. The first-order valence-corrected chi connectivity index (χ1v) is 10.9. The predicted octanol–water partition coefficient (Wildman–Crippen LogP) is 4.72. The van der Waals surface area contributed by atoms with Gasteiger partial charge in [-0.05, 0) is 37.8 Å². The highest BCUT2D eigenvalue weighted by Crippen LogP contribution is 2.40. The number of halogens is 3. The summed E-state index contributed by atoms with van der Waals surface area (Å²) in [6.45, 7) is 1.96. The first kappa shape index (κ1) is 21.6. The van der Waals surface area contributed by atoms with Gasteiger partial charge in [-0.1, -0.05) is 11.6 Å². The van der Waals surface area contributed by atoms with E-state index >= 15 is 0 Å². The standard InChI is InChI=1S/C22H21ClF2N6O2/c1-11(14-5-17(25)15(6-16(14)24)13-8-26-30(2)9-13)27-21-28-19(23)7-20(29-21)31-18(12-3-4-12)10-33-22(31)32/h5-9,11-12,18H,3-4,10H2,1-2H3,(H,27,28,29)/t11-,18+/m0/s1. The van der Waals surface area contributed by atoms with Crippen LogP contribution in [-0.4, -0.2) is 38.5 Å². The van der Waals surface area contributed by atoms with E-state index in [2.05, 4.69) is 20.4 Å². The molecule has 172 valence electrons. The molecule has 1 amide bonds. The van der Waals surface area contributed by atoms with Gasteiger partial charge in [0, 0.05) is 36.0 Å². The number of anilines is 2. The molecule has 2 atom stereocenters. The number of nitrogens with one attached hydrogen (secondary N) is 1. The van der Waals surface area contributed by atoms with Crippen LogP contribution >= 0.6 is 11.6 Å². The molecule has 33 heavy (non-hydrogen) atoms. The van der Waals surface area contributed by atoms with E-state index in [4.69, 9.17) is 16.3 Å². The summed E-state index contributed by atoms with van der Waals surface area (Å²) in [5, 5.41) is 7.07. The van der Waals surface area contributed by atoms with E-state index < -0.39 is 23.8 Å². The summed E-state index contributed by atoms with van der Waals surface area (Å²) in [7, 11) is 1.70. The molecule has 11 heteroatoms. The molecule has 1 saturated heterocycles. The topological polar surface area (TPSA) is 85.2 Å². The van der Waals surface area contributed by atoms with Gasteiger partial charge in [0.05, 0.1) is 18.3 Å². The lowest BCUT2D eigenvalue weighted by atomic mass is 10.0. The van der Waals surface area contributed by atoms with Crippen LogP contribution in [0.1, 0.15) is 31.4 Å². The number of carbonyl (C=O) groups excluding carboxylic acids is 1. The average molecular weight is 475 g/mol. The van der Waals surface area contributed by atoms with Gasteiger partial charge in [0.1, 0.15) is 29.2 Å². The number of ether oxygens (including phenoxy) is 1. The maximum Gasteiger partial charge on any atom is 0.415 e. The van der Waals surface area contributed by atoms with Crippen LogP contribution < -0.4 is 10.2 Å². The fraction of sp³-hybridized carbons (Fsp3) is 0.364. The van der Waals surface area contributed by atoms with E-state index in [9.17, 15) is 13.6 Å². The summed E-state index contributed by atoms with van der Waals surface area (Å²) < 4.78 is 36.4. The Morgan fingerprint density at radius 1 is 1.21 bits per heavy atom. The summed E-state index contributed by atoms with van der Waals surface area (Å²) in [5.74, 6) is -0.392. The Kier molecular flexibility index (Phi) is 5.40. The largest absolute Gasteiger partial charge is 0.447 e. The zero-order chi connectivity index (χ0) is 23.3. The van der Waals surface area contributed by atoms with E-state index in [1.807, 2.05) is 0 Å². The molecule has 2 fully saturated rings. The fourth-order valence-corrected chi connectivity index (χ4v) is 4.25. The molecule has 8 nitrogen and oxygen atoms in total. The van der Waals surface area contributed by atoms with Crippen molar-refractivity contribution in [1.82, 2.24) is 19.7 Å². The van der Waals surface area contributed by atoms with E-state index in [1.54, 1.807) is 20.2 Å². The molecule has 0 unspecified atom stereocenters. The van der Waals surface area contributed by atoms with Gasteiger partial charge in [0.15, 0.2) is 0 Å². The van der Waals surface area contributed by atoms with E-state index in [0.717, 1.165) is 25.0 Å². The summed E-state index contributed by atoms with van der Waals surface area (Å²) in [6.07, 6.45) is 4.65. The Bertz CT molecular complexity index is 1230. The van der Waals surface area contributed by atoms with Crippen LogP contribution in [0.5, 0.6) is 0 Å². The summed E-state index contributed by atoms with van der Waals surface area (Å²) >= 11 is 6.18. The van der Waals surface area contributed by atoms with Crippen molar-refractivity contribution in [3.8, 4) is 11.1 Å². The molecule has 1 aromatic carbocycles. The third-order valence-electron chi connectivity index (χ3n) is 5.91. The number of aromatic nitrogens is 4. The van der Waals surface area contributed by atoms with Crippen LogP contribution in [0.2, 0.25) is 5.15 Å². The van der Waals surface area contributed by atoms with Crippen molar-refractivity contribution in [2.75, 3.05) is 16.8 Å². The van der Waals surface area contributed by atoms with Crippen molar-refractivity contribution in [2.45, 2.75) is 31.8 Å². The first-order chi connectivity index (χ1) is 15.8. The van der Waals surface area contributed by atoms with Crippen LogP contribution in [0.15, 0.2) is 30.6 Å². The normalized spacial score (nSPS) is 19.0. The highest BCUT2D eigenvalue weighted by atomic mass is 35.5. The van der Waals surface area contributed by atoms with Crippen LogP contribution in [-0.2, 0) is 11.8 Å². The fourth-order valence-electron chi connectivity index (χ4n) is 4.07. The maximum atomic E-state index is 14.9. The average Bonchev–Trinajstić information content (AvgIpc) is 3.40. The van der Waals surface area contributed by atoms with Gasteiger partial charge in [0.2, 0.25) is 5.95 Å². The number of benzene rings is 1. The number of nitrogens with zero attached hydrogens (tertiary/aromatic N) is 5. The highest BCUT2D eigenvalue weighted by Gasteiger charge is 2.44. The molecule has 1 saturated carbocycles. The molecule has 3 aromatic rings. The number of rotatable bonds is 6. The van der Waals surface area contributed by atoms with Gasteiger partial charge in [-0.15, -0.1) is 0 Å². The molecule has 1 N–H and O–H groups in total. The minimum Gasteiger partial charge on any atom is -0.447 e.